The van der Waals surface area contributed by atoms with Crippen molar-refractivity contribution in [3.63, 3.8) is 0 Å². The summed E-state index contributed by atoms with van der Waals surface area (Å²) in [6, 6.07) is 9.06. The average molecular weight is 183 g/mol. The van der Waals surface area contributed by atoms with Crippen LogP contribution in [0.2, 0.25) is 5.09 Å². The Balaban J connectivity index is 2.51. The van der Waals surface area contributed by atoms with Gasteiger partial charge >= 0.3 is 96.4 Å². The first-order valence-corrected chi connectivity index (χ1v) is 5.54. The number of rotatable bonds is 5. The SMILES string of the molecule is [Li][CH2]CCNC(C)c1ccccc1C. The van der Waals surface area contributed by atoms with Crippen molar-refractivity contribution in [2.45, 2.75) is 31.4 Å². The van der Waals surface area contributed by atoms with Crippen LogP contribution < -0.4 is 5.32 Å². The van der Waals surface area contributed by atoms with Crippen molar-refractivity contribution in [3.05, 3.63) is 35.4 Å². The zero-order chi connectivity index (χ0) is 10.4. The number of nitrogens with one attached hydrogen (secondary N) is 1. The summed E-state index contributed by atoms with van der Waals surface area (Å²) in [5, 5.41) is 4.80. The van der Waals surface area contributed by atoms with E-state index in [9.17, 15) is 0 Å². The summed E-state index contributed by atoms with van der Waals surface area (Å²) in [6.45, 7) is 5.53. The standard InChI is InChI=1S/C12H18N.Li/c1-4-9-13-11(3)12-8-6-5-7-10(12)2;/h5-8,11,13H,1,4,9H2,2-3H3;. The van der Waals surface area contributed by atoms with Gasteiger partial charge < -0.3 is 0 Å². The molecular weight excluding hydrogens is 165 g/mol. The van der Waals surface area contributed by atoms with Gasteiger partial charge in [0.05, 0.1) is 0 Å². The molecule has 0 fully saturated rings. The van der Waals surface area contributed by atoms with Crippen molar-refractivity contribution in [2.24, 2.45) is 0 Å². The molecule has 0 aromatic heterocycles. The van der Waals surface area contributed by atoms with Crippen LogP contribution in [0.25, 0.3) is 0 Å². The number of benzene rings is 1. The van der Waals surface area contributed by atoms with Gasteiger partial charge in [0, 0.05) is 0 Å². The van der Waals surface area contributed by atoms with Crippen molar-refractivity contribution in [2.75, 3.05) is 6.54 Å². The van der Waals surface area contributed by atoms with Crippen LogP contribution in [0.5, 0.6) is 0 Å². The molecule has 1 N–H and O–H groups in total. The van der Waals surface area contributed by atoms with E-state index >= 15 is 0 Å². The predicted molar refractivity (Wildman–Crippen MR) is 62.8 cm³/mol. The van der Waals surface area contributed by atoms with Gasteiger partial charge in [-0.1, -0.05) is 0 Å². The van der Waals surface area contributed by atoms with E-state index in [1.54, 1.807) is 0 Å². The average Bonchev–Trinajstić information content (AvgIpc) is 2.18. The van der Waals surface area contributed by atoms with Crippen molar-refractivity contribution < 1.29 is 0 Å². The Bertz CT molecular complexity index is 273. The molecule has 14 heavy (non-hydrogen) atoms. The molecule has 2 heteroatoms. The van der Waals surface area contributed by atoms with E-state index in [1.165, 1.54) is 22.6 Å². The fourth-order valence-corrected chi connectivity index (χ4v) is 1.68. The molecule has 0 aliphatic rings. The molecule has 0 saturated heterocycles. The van der Waals surface area contributed by atoms with Gasteiger partial charge in [-0.05, 0) is 0 Å². The quantitative estimate of drug-likeness (QED) is 0.546. The topological polar surface area (TPSA) is 12.0 Å². The summed E-state index contributed by atoms with van der Waals surface area (Å²) < 4.78 is 0. The van der Waals surface area contributed by atoms with Crippen LogP contribution in [-0.2, 0) is 0 Å². The first kappa shape index (κ1) is 11.8. The van der Waals surface area contributed by atoms with Crippen molar-refractivity contribution in [1.82, 2.24) is 5.32 Å². The number of hydrogen-bond acceptors (Lipinski definition) is 1. The van der Waals surface area contributed by atoms with Crippen LogP contribution >= 0.6 is 0 Å². The second-order valence-electron chi connectivity index (χ2n) is 3.89. The molecule has 0 aliphatic heterocycles. The Morgan fingerprint density at radius 2 is 2.07 bits per heavy atom. The Morgan fingerprint density at radius 3 is 2.71 bits per heavy atom. The Hall–Kier alpha value is -0.223. The van der Waals surface area contributed by atoms with Crippen molar-refractivity contribution in [1.29, 1.82) is 0 Å². The molecule has 1 aromatic carbocycles. The van der Waals surface area contributed by atoms with Crippen LogP contribution in [0, 0.1) is 6.92 Å². The van der Waals surface area contributed by atoms with Crippen LogP contribution in [0.3, 0.4) is 0 Å². The van der Waals surface area contributed by atoms with E-state index < -0.39 is 0 Å². The third-order valence-electron chi connectivity index (χ3n) is 2.64. The van der Waals surface area contributed by atoms with Gasteiger partial charge in [-0.15, -0.1) is 0 Å². The van der Waals surface area contributed by atoms with E-state index in [-0.39, 0.29) is 0 Å². The normalized spacial score (nSPS) is 12.9. The molecule has 72 valence electrons. The van der Waals surface area contributed by atoms with E-state index in [4.69, 9.17) is 0 Å². The zero-order valence-corrected chi connectivity index (χ0v) is 9.51. The fourth-order valence-electron chi connectivity index (χ4n) is 1.68. The summed E-state index contributed by atoms with van der Waals surface area (Å²) in [5.74, 6) is 0. The third kappa shape index (κ3) is 3.50. The van der Waals surface area contributed by atoms with Gasteiger partial charge in [0.15, 0.2) is 0 Å². The second kappa shape index (κ2) is 6.30. The summed E-state index contributed by atoms with van der Waals surface area (Å²) in [6.07, 6.45) is 1.26. The Labute approximate surface area is 96.5 Å². The van der Waals surface area contributed by atoms with Gasteiger partial charge in [0.2, 0.25) is 0 Å². The first-order chi connectivity index (χ1) is 6.75. The van der Waals surface area contributed by atoms with Gasteiger partial charge in [-0.2, -0.15) is 0 Å². The monoisotopic (exact) mass is 183 g/mol. The molecule has 0 aliphatic carbocycles. The minimum absolute atomic E-state index is 0.475. The molecule has 0 amide bonds. The van der Waals surface area contributed by atoms with Crippen LogP contribution in [0.4, 0.5) is 0 Å². The molecule has 0 spiro atoms. The van der Waals surface area contributed by atoms with E-state index in [0.717, 1.165) is 6.54 Å². The number of hydrogen-bond donors (Lipinski definition) is 1. The molecule has 1 aromatic rings. The van der Waals surface area contributed by atoms with Gasteiger partial charge in [0.25, 0.3) is 0 Å². The molecule has 1 atom stereocenters. The molecule has 0 bridgehead atoms. The molecule has 0 heterocycles. The number of aryl methyl sites for hydroxylation is 1. The van der Waals surface area contributed by atoms with Gasteiger partial charge in [-0.3, -0.25) is 0 Å². The summed E-state index contributed by atoms with van der Waals surface area (Å²) in [5.41, 5.74) is 2.80. The maximum atomic E-state index is 3.54. The van der Waals surface area contributed by atoms with Crippen LogP contribution in [0.15, 0.2) is 24.3 Å². The Morgan fingerprint density at radius 1 is 1.36 bits per heavy atom. The van der Waals surface area contributed by atoms with E-state index in [1.807, 2.05) is 0 Å². The Kier molecular flexibility index (Phi) is 5.33. The fraction of sp³-hybridized carbons (Fsp3) is 0.500. The van der Waals surface area contributed by atoms with Crippen LogP contribution in [0.1, 0.15) is 30.5 Å². The molecule has 1 rings (SSSR count). The predicted octanol–water partition coefficient (Wildman–Crippen LogP) is 2.62. The third-order valence-corrected chi connectivity index (χ3v) is 2.64. The van der Waals surface area contributed by atoms with E-state index in [2.05, 4.69) is 61.1 Å². The summed E-state index contributed by atoms with van der Waals surface area (Å²) in [4.78, 5) is 0. The molecule has 1 unspecified atom stereocenters. The van der Waals surface area contributed by atoms with Gasteiger partial charge in [0.1, 0.15) is 0 Å². The first-order valence-electron chi connectivity index (χ1n) is 5.54. The van der Waals surface area contributed by atoms with Crippen LogP contribution in [-0.4, -0.2) is 24.3 Å². The minimum atomic E-state index is 0.475. The molecule has 1 nitrogen and oxygen atoms in total. The van der Waals surface area contributed by atoms with Gasteiger partial charge in [-0.25, -0.2) is 0 Å². The molecule has 0 saturated carbocycles. The molecular formula is C12H18LiN. The maximum absolute atomic E-state index is 3.54. The van der Waals surface area contributed by atoms with E-state index in [0.29, 0.717) is 6.04 Å². The van der Waals surface area contributed by atoms with Crippen molar-refractivity contribution in [3.8, 4) is 0 Å². The second-order valence-corrected chi connectivity index (χ2v) is 3.89. The summed E-state index contributed by atoms with van der Waals surface area (Å²) >= 11 is 2.22. The summed E-state index contributed by atoms with van der Waals surface area (Å²) in [7, 11) is 0. The van der Waals surface area contributed by atoms with Crippen molar-refractivity contribution >= 4 is 17.7 Å². The zero-order valence-electron chi connectivity index (χ0n) is 9.51. The molecule has 0 radical (unpaired) electrons.